The lowest BCUT2D eigenvalue weighted by Crippen LogP contribution is -2.18. The second kappa shape index (κ2) is 10.5. The highest BCUT2D eigenvalue weighted by Crippen LogP contribution is 2.35. The van der Waals surface area contributed by atoms with Gasteiger partial charge in [0.05, 0.1) is 17.8 Å². The number of rotatable bonds is 7. The summed E-state index contributed by atoms with van der Waals surface area (Å²) in [6.45, 7) is 0.718. The number of hydrogen-bond donors (Lipinski definition) is 0. The molecule has 2 aromatic carbocycles. The van der Waals surface area contributed by atoms with E-state index in [1.807, 2.05) is 35.1 Å². The lowest BCUT2D eigenvalue weighted by atomic mass is 10.0. The maximum atomic E-state index is 13.4. The summed E-state index contributed by atoms with van der Waals surface area (Å²) in [7, 11) is 0. The topological polar surface area (TPSA) is 73.0 Å². The zero-order chi connectivity index (χ0) is 24.0. The van der Waals surface area contributed by atoms with Crippen LogP contribution in [0.4, 0.5) is 4.39 Å². The lowest BCUT2D eigenvalue weighted by Gasteiger charge is -2.22. The van der Waals surface area contributed by atoms with Gasteiger partial charge in [0.15, 0.2) is 5.75 Å². The summed E-state index contributed by atoms with van der Waals surface area (Å²) in [6, 6.07) is 22.1. The third kappa shape index (κ3) is 5.56. The molecule has 0 N–H and O–H groups in total. The molecule has 7 heteroatoms. The molecule has 0 spiro atoms. The van der Waals surface area contributed by atoms with Gasteiger partial charge < -0.3 is 9.47 Å². The Morgan fingerprint density at radius 1 is 1.06 bits per heavy atom. The van der Waals surface area contributed by atoms with Gasteiger partial charge in [-0.15, -0.1) is 0 Å². The van der Waals surface area contributed by atoms with E-state index in [-0.39, 0.29) is 6.23 Å². The highest BCUT2D eigenvalue weighted by Gasteiger charge is 2.21. The van der Waals surface area contributed by atoms with Gasteiger partial charge in [-0.2, -0.15) is 14.8 Å². The van der Waals surface area contributed by atoms with E-state index >= 15 is 0 Å². The van der Waals surface area contributed by atoms with Gasteiger partial charge in [0.25, 0.3) is 0 Å². The molecule has 1 atom stereocenters. The summed E-state index contributed by atoms with van der Waals surface area (Å²) >= 11 is 0. The highest BCUT2D eigenvalue weighted by atomic mass is 19.1. The van der Waals surface area contributed by atoms with E-state index in [2.05, 4.69) is 17.1 Å². The van der Waals surface area contributed by atoms with Crippen molar-refractivity contribution in [2.45, 2.75) is 38.3 Å². The van der Waals surface area contributed by atoms with Crippen LogP contribution in [0, 0.1) is 17.3 Å². The average molecular weight is 469 g/mol. The molecular formula is C28H25FN4O2. The van der Waals surface area contributed by atoms with Gasteiger partial charge in [0.1, 0.15) is 17.7 Å². The van der Waals surface area contributed by atoms with Crippen molar-refractivity contribution in [3.05, 3.63) is 95.7 Å². The first-order valence-corrected chi connectivity index (χ1v) is 11.8. The Morgan fingerprint density at radius 3 is 2.69 bits per heavy atom. The van der Waals surface area contributed by atoms with Gasteiger partial charge in [0, 0.05) is 17.9 Å². The van der Waals surface area contributed by atoms with Crippen LogP contribution >= 0.6 is 0 Å². The normalized spacial score (nSPS) is 15.5. The number of hydrogen-bond acceptors (Lipinski definition) is 5. The molecule has 0 saturated carbocycles. The van der Waals surface area contributed by atoms with E-state index in [9.17, 15) is 4.39 Å². The SMILES string of the molecule is N#Cc1ccc(Oc2cn(C3CCCCO3)nc2-c2cccc(CCc3cccc(F)n3)c2)cc1. The number of aryl methyl sites for hydroxylation is 2. The number of pyridine rings is 1. The summed E-state index contributed by atoms with van der Waals surface area (Å²) in [5.41, 5.74) is 4.03. The fourth-order valence-corrected chi connectivity index (χ4v) is 4.19. The first-order chi connectivity index (χ1) is 17.2. The van der Waals surface area contributed by atoms with E-state index in [1.165, 1.54) is 6.07 Å². The molecule has 1 saturated heterocycles. The van der Waals surface area contributed by atoms with Crippen molar-refractivity contribution >= 4 is 0 Å². The smallest absolute Gasteiger partial charge is 0.213 e. The second-order valence-corrected chi connectivity index (χ2v) is 8.53. The maximum absolute atomic E-state index is 13.4. The van der Waals surface area contributed by atoms with E-state index in [4.69, 9.17) is 19.8 Å². The average Bonchev–Trinajstić information content (AvgIpc) is 3.32. The van der Waals surface area contributed by atoms with Crippen molar-refractivity contribution in [3.8, 4) is 28.8 Å². The van der Waals surface area contributed by atoms with Gasteiger partial charge in [0.2, 0.25) is 5.95 Å². The van der Waals surface area contributed by atoms with Gasteiger partial charge in [-0.25, -0.2) is 9.67 Å². The van der Waals surface area contributed by atoms with Crippen LogP contribution in [0.15, 0.2) is 72.9 Å². The fraction of sp³-hybridized carbons (Fsp3) is 0.250. The summed E-state index contributed by atoms with van der Waals surface area (Å²) in [4.78, 5) is 3.96. The van der Waals surface area contributed by atoms with Crippen LogP contribution in [0.1, 0.15) is 42.3 Å². The molecule has 0 radical (unpaired) electrons. The van der Waals surface area contributed by atoms with Crippen LogP contribution in [0.5, 0.6) is 11.5 Å². The molecule has 0 aliphatic carbocycles. The van der Waals surface area contributed by atoms with Crippen LogP contribution < -0.4 is 4.74 Å². The largest absolute Gasteiger partial charge is 0.453 e. The first-order valence-electron chi connectivity index (χ1n) is 11.8. The zero-order valence-corrected chi connectivity index (χ0v) is 19.2. The van der Waals surface area contributed by atoms with E-state index in [1.54, 1.807) is 30.3 Å². The number of aromatic nitrogens is 3. The van der Waals surface area contributed by atoms with Crippen molar-refractivity contribution in [1.82, 2.24) is 14.8 Å². The molecule has 4 aromatic rings. The quantitative estimate of drug-likeness (QED) is 0.301. The number of benzene rings is 2. The molecule has 0 bridgehead atoms. The van der Waals surface area contributed by atoms with Gasteiger partial charge in [-0.1, -0.05) is 24.3 Å². The Balaban J connectivity index is 1.43. The van der Waals surface area contributed by atoms with E-state index < -0.39 is 5.95 Å². The molecule has 1 aliphatic rings. The molecule has 176 valence electrons. The van der Waals surface area contributed by atoms with Crippen molar-refractivity contribution < 1.29 is 13.9 Å². The number of ether oxygens (including phenoxy) is 2. The predicted octanol–water partition coefficient (Wildman–Crippen LogP) is 6.23. The zero-order valence-electron chi connectivity index (χ0n) is 19.2. The van der Waals surface area contributed by atoms with Crippen molar-refractivity contribution in [1.29, 1.82) is 5.26 Å². The Hall–Kier alpha value is -4.02. The van der Waals surface area contributed by atoms with Crippen molar-refractivity contribution in [2.24, 2.45) is 0 Å². The minimum absolute atomic E-state index is 0.122. The van der Waals surface area contributed by atoms with Crippen LogP contribution in [0.25, 0.3) is 11.3 Å². The molecule has 6 nitrogen and oxygen atoms in total. The van der Waals surface area contributed by atoms with Crippen LogP contribution in [-0.4, -0.2) is 21.4 Å². The molecule has 0 amide bonds. The molecule has 1 unspecified atom stereocenters. The number of nitriles is 1. The van der Waals surface area contributed by atoms with Crippen LogP contribution in [0.2, 0.25) is 0 Å². The van der Waals surface area contributed by atoms with E-state index in [0.29, 0.717) is 29.2 Å². The molecular weight excluding hydrogens is 443 g/mol. The van der Waals surface area contributed by atoms with E-state index in [0.717, 1.165) is 49.1 Å². The molecule has 35 heavy (non-hydrogen) atoms. The predicted molar refractivity (Wildman–Crippen MR) is 129 cm³/mol. The fourth-order valence-electron chi connectivity index (χ4n) is 4.19. The summed E-state index contributed by atoms with van der Waals surface area (Å²) in [5.74, 6) is 0.784. The molecule has 1 fully saturated rings. The second-order valence-electron chi connectivity index (χ2n) is 8.53. The molecule has 3 heterocycles. The van der Waals surface area contributed by atoms with Crippen molar-refractivity contribution in [2.75, 3.05) is 6.61 Å². The van der Waals surface area contributed by atoms with Gasteiger partial charge in [-0.3, -0.25) is 0 Å². The molecule has 5 rings (SSSR count). The molecule has 1 aliphatic heterocycles. The number of halogens is 1. The van der Waals surface area contributed by atoms with Gasteiger partial charge in [-0.05, 0) is 80.1 Å². The Labute approximate surface area is 203 Å². The Kier molecular flexibility index (Phi) is 6.82. The Morgan fingerprint density at radius 2 is 1.91 bits per heavy atom. The standard InChI is InChI=1S/C28H25FN4O2/c29-26-8-4-7-23(31-26)13-10-20-5-3-6-22(17-20)28-25(35-24-14-11-21(18-30)12-15-24)19-33(32-28)27-9-1-2-16-34-27/h3-8,11-12,14-15,17,19,27H,1-2,9-10,13,16H2. The lowest BCUT2D eigenvalue weighted by molar-refractivity contribution is -0.0394. The monoisotopic (exact) mass is 468 g/mol. The summed E-state index contributed by atoms with van der Waals surface area (Å²) in [5, 5.41) is 13.9. The minimum atomic E-state index is -0.462. The summed E-state index contributed by atoms with van der Waals surface area (Å²) in [6.07, 6.45) is 6.17. The third-order valence-corrected chi connectivity index (χ3v) is 6.00. The first kappa shape index (κ1) is 22.8. The molecule has 2 aromatic heterocycles. The Bertz CT molecular complexity index is 1340. The third-order valence-electron chi connectivity index (χ3n) is 6.00. The minimum Gasteiger partial charge on any atom is -0.453 e. The summed E-state index contributed by atoms with van der Waals surface area (Å²) < 4.78 is 27.4. The highest BCUT2D eigenvalue weighted by molar-refractivity contribution is 5.67. The van der Waals surface area contributed by atoms with Crippen LogP contribution in [0.3, 0.4) is 0 Å². The number of nitrogens with zero attached hydrogens (tertiary/aromatic N) is 4. The van der Waals surface area contributed by atoms with Gasteiger partial charge >= 0.3 is 0 Å². The van der Waals surface area contributed by atoms with Crippen LogP contribution in [-0.2, 0) is 17.6 Å². The maximum Gasteiger partial charge on any atom is 0.213 e. The van der Waals surface area contributed by atoms with Crippen molar-refractivity contribution in [3.63, 3.8) is 0 Å².